The van der Waals surface area contributed by atoms with Gasteiger partial charge >= 0.3 is 0 Å². The highest BCUT2D eigenvalue weighted by Crippen LogP contribution is 2.28. The largest absolute Gasteiger partial charge is 0.350 e. The van der Waals surface area contributed by atoms with Gasteiger partial charge in [0.05, 0.1) is 21.7 Å². The van der Waals surface area contributed by atoms with Crippen molar-refractivity contribution in [3.63, 3.8) is 0 Å². The van der Waals surface area contributed by atoms with Crippen LogP contribution < -0.4 is 10.0 Å². The van der Waals surface area contributed by atoms with Crippen LogP contribution in [0.5, 0.6) is 0 Å². The van der Waals surface area contributed by atoms with Gasteiger partial charge in [-0.25, -0.2) is 8.42 Å². The summed E-state index contributed by atoms with van der Waals surface area (Å²) in [4.78, 5) is 28.3. The van der Waals surface area contributed by atoms with Crippen molar-refractivity contribution in [1.29, 1.82) is 0 Å². The van der Waals surface area contributed by atoms with Gasteiger partial charge in [0.25, 0.3) is 21.8 Å². The van der Waals surface area contributed by atoms with Gasteiger partial charge in [0.1, 0.15) is 0 Å². The third kappa shape index (κ3) is 6.29. The predicted octanol–water partition coefficient (Wildman–Crippen LogP) is 4.36. The maximum Gasteiger partial charge on any atom is 0.261 e. The van der Waals surface area contributed by atoms with E-state index in [1.54, 1.807) is 30.3 Å². The second-order valence-electron chi connectivity index (χ2n) is 8.35. The highest BCUT2D eigenvalue weighted by Gasteiger charge is 2.24. The van der Waals surface area contributed by atoms with Crippen LogP contribution in [0.1, 0.15) is 60.2 Å². The lowest BCUT2D eigenvalue weighted by Gasteiger charge is -2.22. The Morgan fingerprint density at radius 3 is 2.27 bits per heavy atom. The number of hydrogen-bond acceptors (Lipinski definition) is 5. The van der Waals surface area contributed by atoms with Gasteiger partial charge in [0.15, 0.2) is 0 Å². The first kappa shape index (κ1) is 25.1. The van der Waals surface area contributed by atoms with Crippen molar-refractivity contribution in [2.75, 3.05) is 24.1 Å². The molecule has 0 atom stereocenters. The summed E-state index contributed by atoms with van der Waals surface area (Å²) >= 11 is 1.41. The Kier molecular flexibility index (Phi) is 8.42. The molecular weight excluding hydrogens is 458 g/mol. The number of carbonyl (C=O) groups is 2. The van der Waals surface area contributed by atoms with Crippen LogP contribution in [0.15, 0.2) is 52.3 Å². The van der Waals surface area contributed by atoms with Crippen molar-refractivity contribution in [3.05, 3.63) is 53.6 Å². The minimum Gasteiger partial charge on any atom is -0.350 e. The van der Waals surface area contributed by atoms with Crippen molar-refractivity contribution < 1.29 is 18.0 Å². The Balaban J connectivity index is 1.92. The number of para-hydroxylation sites is 1. The molecule has 1 fully saturated rings. The molecule has 178 valence electrons. The van der Waals surface area contributed by atoms with Crippen LogP contribution in [0.4, 0.5) is 5.69 Å². The van der Waals surface area contributed by atoms with Crippen molar-refractivity contribution in [2.45, 2.75) is 55.4 Å². The monoisotopic (exact) mass is 489 g/mol. The molecule has 0 aromatic heterocycles. The number of likely N-dealkylation sites (tertiary alicyclic amines) is 1. The van der Waals surface area contributed by atoms with E-state index < -0.39 is 10.0 Å². The molecule has 33 heavy (non-hydrogen) atoms. The standard InChI is InChI=1S/C24H31N3O4S2/c1-17(2)25-23(28)19-10-6-7-11-21(19)26-33(30,31)18-12-13-22(32-3)20(16-18)24(29)27-14-8-4-5-9-15-27/h6-7,10-13,16-17,26H,4-5,8-9,14-15H2,1-3H3,(H,25,28). The maximum atomic E-state index is 13.3. The molecule has 3 rings (SSSR count). The number of hydrogen-bond donors (Lipinski definition) is 2. The summed E-state index contributed by atoms with van der Waals surface area (Å²) in [5, 5.41) is 2.78. The number of nitrogens with one attached hydrogen (secondary N) is 2. The molecule has 0 bridgehead atoms. The van der Waals surface area contributed by atoms with Gasteiger partial charge in [-0.2, -0.15) is 0 Å². The molecule has 0 saturated carbocycles. The van der Waals surface area contributed by atoms with Crippen LogP contribution in [0.3, 0.4) is 0 Å². The Morgan fingerprint density at radius 2 is 1.64 bits per heavy atom. The Morgan fingerprint density at radius 1 is 0.970 bits per heavy atom. The van der Waals surface area contributed by atoms with Gasteiger partial charge < -0.3 is 10.2 Å². The molecule has 2 amide bonds. The zero-order valence-electron chi connectivity index (χ0n) is 19.3. The molecule has 0 aliphatic carbocycles. The van der Waals surface area contributed by atoms with Gasteiger partial charge in [-0.3, -0.25) is 14.3 Å². The Hall–Kier alpha value is -2.52. The van der Waals surface area contributed by atoms with E-state index in [4.69, 9.17) is 0 Å². The average molecular weight is 490 g/mol. The molecule has 0 radical (unpaired) electrons. The molecule has 1 saturated heterocycles. The zero-order chi connectivity index (χ0) is 24.0. The fourth-order valence-corrected chi connectivity index (χ4v) is 5.46. The quantitative estimate of drug-likeness (QED) is 0.564. The second-order valence-corrected chi connectivity index (χ2v) is 10.9. The second kappa shape index (κ2) is 11.1. The van der Waals surface area contributed by atoms with Crippen LogP contribution >= 0.6 is 11.8 Å². The van der Waals surface area contributed by atoms with Crippen molar-refractivity contribution in [3.8, 4) is 0 Å². The normalized spacial score (nSPS) is 14.6. The molecule has 7 nitrogen and oxygen atoms in total. The lowest BCUT2D eigenvalue weighted by molar-refractivity contribution is 0.0757. The minimum absolute atomic E-state index is 0.0162. The Labute approximate surface area is 200 Å². The number of nitrogens with zero attached hydrogens (tertiary/aromatic N) is 1. The lowest BCUT2D eigenvalue weighted by Crippen LogP contribution is -2.32. The third-order valence-electron chi connectivity index (χ3n) is 5.44. The molecule has 2 aromatic carbocycles. The highest BCUT2D eigenvalue weighted by atomic mass is 32.2. The number of amides is 2. The molecule has 1 aliphatic heterocycles. The predicted molar refractivity (Wildman–Crippen MR) is 132 cm³/mol. The van der Waals surface area contributed by atoms with E-state index in [0.717, 1.165) is 30.6 Å². The van der Waals surface area contributed by atoms with E-state index >= 15 is 0 Å². The van der Waals surface area contributed by atoms with E-state index in [2.05, 4.69) is 10.0 Å². The number of sulfonamides is 1. The molecular formula is C24H31N3O4S2. The van der Waals surface area contributed by atoms with Gasteiger partial charge in [0.2, 0.25) is 0 Å². The third-order valence-corrected chi connectivity index (χ3v) is 7.60. The van der Waals surface area contributed by atoms with Crippen LogP contribution in [0.2, 0.25) is 0 Å². The van der Waals surface area contributed by atoms with Gasteiger partial charge in [0, 0.05) is 24.0 Å². The molecule has 2 N–H and O–H groups in total. The summed E-state index contributed by atoms with van der Waals surface area (Å²) in [5.74, 6) is -0.506. The first-order valence-electron chi connectivity index (χ1n) is 11.1. The van der Waals surface area contributed by atoms with Crippen molar-refractivity contribution in [1.82, 2.24) is 10.2 Å². The van der Waals surface area contributed by atoms with Crippen LogP contribution in [-0.4, -0.2) is 50.5 Å². The lowest BCUT2D eigenvalue weighted by atomic mass is 10.1. The summed E-state index contributed by atoms with van der Waals surface area (Å²) in [7, 11) is -4.03. The first-order valence-corrected chi connectivity index (χ1v) is 13.8. The topological polar surface area (TPSA) is 95.6 Å². The summed E-state index contributed by atoms with van der Waals surface area (Å²) < 4.78 is 29.0. The summed E-state index contributed by atoms with van der Waals surface area (Å²) in [5.41, 5.74) is 0.805. The van der Waals surface area contributed by atoms with Gasteiger partial charge in [-0.05, 0) is 63.3 Å². The van der Waals surface area contributed by atoms with Crippen LogP contribution in [0, 0.1) is 0 Å². The van der Waals surface area contributed by atoms with Crippen molar-refractivity contribution >= 4 is 39.3 Å². The number of rotatable bonds is 7. The van der Waals surface area contributed by atoms with E-state index in [9.17, 15) is 18.0 Å². The zero-order valence-corrected chi connectivity index (χ0v) is 20.9. The Bertz CT molecular complexity index is 1110. The number of benzene rings is 2. The molecule has 1 heterocycles. The average Bonchev–Trinajstić information content (AvgIpc) is 3.07. The van der Waals surface area contributed by atoms with E-state index in [0.29, 0.717) is 18.7 Å². The van der Waals surface area contributed by atoms with Crippen LogP contribution in [-0.2, 0) is 10.0 Å². The molecule has 0 unspecified atom stereocenters. The summed E-state index contributed by atoms with van der Waals surface area (Å²) in [6.07, 6.45) is 5.97. The van der Waals surface area contributed by atoms with Gasteiger partial charge in [-0.1, -0.05) is 25.0 Å². The number of carbonyl (C=O) groups excluding carboxylic acids is 2. The van der Waals surface area contributed by atoms with E-state index in [1.807, 2.05) is 25.0 Å². The van der Waals surface area contributed by atoms with E-state index in [-0.39, 0.29) is 34.0 Å². The molecule has 0 spiro atoms. The first-order chi connectivity index (χ1) is 15.7. The summed E-state index contributed by atoms with van der Waals surface area (Å²) in [6.45, 7) is 5.03. The highest BCUT2D eigenvalue weighted by molar-refractivity contribution is 7.98. The minimum atomic E-state index is -4.03. The number of thioether (sulfide) groups is 1. The molecule has 1 aliphatic rings. The fourth-order valence-electron chi connectivity index (χ4n) is 3.78. The summed E-state index contributed by atoms with van der Waals surface area (Å²) in [6, 6.07) is 11.0. The van der Waals surface area contributed by atoms with Crippen molar-refractivity contribution in [2.24, 2.45) is 0 Å². The molecule has 9 heteroatoms. The smallest absolute Gasteiger partial charge is 0.261 e. The van der Waals surface area contributed by atoms with E-state index in [1.165, 1.54) is 23.9 Å². The maximum absolute atomic E-state index is 13.3. The SMILES string of the molecule is CSc1ccc(S(=O)(=O)Nc2ccccc2C(=O)NC(C)C)cc1C(=O)N1CCCCCC1. The number of anilines is 1. The van der Waals surface area contributed by atoms with Crippen LogP contribution in [0.25, 0.3) is 0 Å². The molecule has 2 aromatic rings. The fraction of sp³-hybridized carbons (Fsp3) is 0.417. The van der Waals surface area contributed by atoms with Gasteiger partial charge in [-0.15, -0.1) is 11.8 Å².